The molecule has 96 valence electrons. The molecule has 2 aromatic rings. The number of alkyl halides is 2. The van der Waals surface area contributed by atoms with Crippen LogP contribution in [0.3, 0.4) is 0 Å². The molecule has 0 aliphatic carbocycles. The van der Waals surface area contributed by atoms with Crippen molar-refractivity contribution in [2.75, 3.05) is 6.54 Å². The Morgan fingerprint density at radius 2 is 2.12 bits per heavy atom. The SMILES string of the molecule is C[C@H](Cc1c[nH]c2ccccc12)NCC(F)F.[HH].[HH]. The van der Waals surface area contributed by atoms with Gasteiger partial charge in [0.2, 0.25) is 0 Å². The Labute approximate surface area is 102 Å². The predicted octanol–water partition coefficient (Wildman–Crippen LogP) is 3.45. The zero-order valence-electron chi connectivity index (χ0n) is 9.71. The number of fused-ring (bicyclic) bond motifs is 1. The maximum absolute atomic E-state index is 12.1. The lowest BCUT2D eigenvalue weighted by Crippen LogP contribution is -2.32. The van der Waals surface area contributed by atoms with Gasteiger partial charge in [0.15, 0.2) is 0 Å². The van der Waals surface area contributed by atoms with Crippen LogP contribution in [0.25, 0.3) is 10.9 Å². The molecule has 0 unspecified atom stereocenters. The van der Waals surface area contributed by atoms with Crippen molar-refractivity contribution in [3.63, 3.8) is 0 Å². The van der Waals surface area contributed by atoms with Gasteiger partial charge in [-0.05, 0) is 25.0 Å². The van der Waals surface area contributed by atoms with Crippen molar-refractivity contribution in [1.82, 2.24) is 10.3 Å². The quantitative estimate of drug-likeness (QED) is 0.825. The van der Waals surface area contributed by atoms with Gasteiger partial charge in [-0.1, -0.05) is 18.2 Å². The topological polar surface area (TPSA) is 27.8 Å². The molecule has 1 aromatic heterocycles. The second-order valence-electron chi connectivity index (χ2n) is 4.26. The van der Waals surface area contributed by atoms with Gasteiger partial charge in [-0.15, -0.1) is 0 Å². The molecular weight excluding hydrogens is 222 g/mol. The van der Waals surface area contributed by atoms with E-state index >= 15 is 0 Å². The summed E-state index contributed by atoms with van der Waals surface area (Å²) in [4.78, 5) is 3.18. The number of para-hydroxylation sites is 1. The molecule has 0 saturated heterocycles. The van der Waals surface area contributed by atoms with E-state index in [4.69, 9.17) is 0 Å². The zero-order valence-corrected chi connectivity index (χ0v) is 9.71. The minimum absolute atomic E-state index is 0. The molecule has 0 saturated carbocycles. The van der Waals surface area contributed by atoms with E-state index in [0.29, 0.717) is 0 Å². The molecule has 1 aromatic carbocycles. The highest BCUT2D eigenvalue weighted by molar-refractivity contribution is 5.83. The summed E-state index contributed by atoms with van der Waals surface area (Å²) in [5.41, 5.74) is 2.25. The molecule has 1 atom stereocenters. The van der Waals surface area contributed by atoms with Gasteiger partial charge in [0.05, 0.1) is 6.54 Å². The summed E-state index contributed by atoms with van der Waals surface area (Å²) in [7, 11) is 0. The number of rotatable bonds is 5. The van der Waals surface area contributed by atoms with Crippen LogP contribution in [-0.4, -0.2) is 24.0 Å². The fourth-order valence-electron chi connectivity index (χ4n) is 1.99. The van der Waals surface area contributed by atoms with Gasteiger partial charge < -0.3 is 10.3 Å². The standard InChI is InChI=1S/C13H16F2N2.2H2/c1-9(16-8-13(14)15)6-10-7-17-12-5-3-2-4-11(10)12;;/h2-5,7,9,13,16-17H,6,8H2,1H3;2*1H/t9-;;/m1../s1. The summed E-state index contributed by atoms with van der Waals surface area (Å²) in [5.74, 6) is 0. The van der Waals surface area contributed by atoms with Gasteiger partial charge in [0.25, 0.3) is 6.43 Å². The molecule has 2 N–H and O–H groups in total. The minimum Gasteiger partial charge on any atom is -0.361 e. The third-order valence-corrected chi connectivity index (χ3v) is 2.82. The second kappa shape index (κ2) is 5.27. The number of H-pyrrole nitrogens is 1. The summed E-state index contributed by atoms with van der Waals surface area (Å²) < 4.78 is 24.1. The lowest BCUT2D eigenvalue weighted by Gasteiger charge is -2.12. The predicted molar refractivity (Wildman–Crippen MR) is 69.7 cm³/mol. The van der Waals surface area contributed by atoms with Crippen LogP contribution in [0.1, 0.15) is 15.3 Å². The third kappa shape index (κ3) is 3.03. The van der Waals surface area contributed by atoms with Crippen LogP contribution in [0.15, 0.2) is 30.5 Å². The Morgan fingerprint density at radius 1 is 1.35 bits per heavy atom. The molecule has 0 bridgehead atoms. The molecule has 2 rings (SSSR count). The maximum Gasteiger partial charge on any atom is 0.250 e. The van der Waals surface area contributed by atoms with Gasteiger partial charge in [0.1, 0.15) is 0 Å². The third-order valence-electron chi connectivity index (χ3n) is 2.82. The van der Waals surface area contributed by atoms with Crippen molar-refractivity contribution < 1.29 is 11.6 Å². The monoisotopic (exact) mass is 242 g/mol. The highest BCUT2D eigenvalue weighted by atomic mass is 19.3. The first-order valence-corrected chi connectivity index (χ1v) is 5.73. The summed E-state index contributed by atoms with van der Waals surface area (Å²) in [5, 5.41) is 3.99. The van der Waals surface area contributed by atoms with Gasteiger partial charge in [-0.3, -0.25) is 0 Å². The van der Waals surface area contributed by atoms with Crippen LogP contribution in [0.2, 0.25) is 0 Å². The fourth-order valence-corrected chi connectivity index (χ4v) is 1.99. The Balaban J connectivity index is 0.00000162. The highest BCUT2D eigenvalue weighted by Crippen LogP contribution is 2.18. The average Bonchev–Trinajstić information content (AvgIpc) is 2.70. The average molecular weight is 242 g/mol. The number of nitrogens with one attached hydrogen (secondary N) is 2. The van der Waals surface area contributed by atoms with E-state index in [-0.39, 0.29) is 15.4 Å². The molecule has 0 fully saturated rings. The van der Waals surface area contributed by atoms with E-state index < -0.39 is 6.43 Å². The Morgan fingerprint density at radius 3 is 2.88 bits per heavy atom. The van der Waals surface area contributed by atoms with Crippen molar-refractivity contribution in [3.05, 3.63) is 36.0 Å². The van der Waals surface area contributed by atoms with Crippen molar-refractivity contribution in [2.24, 2.45) is 0 Å². The Kier molecular flexibility index (Phi) is 3.74. The first kappa shape index (κ1) is 12.0. The molecule has 0 spiro atoms. The zero-order chi connectivity index (χ0) is 12.3. The van der Waals surface area contributed by atoms with Crippen molar-refractivity contribution in [2.45, 2.75) is 25.8 Å². The van der Waals surface area contributed by atoms with E-state index in [1.54, 1.807) is 0 Å². The number of hydrogen-bond donors (Lipinski definition) is 2. The van der Waals surface area contributed by atoms with Crippen LogP contribution in [0, 0.1) is 0 Å². The molecule has 2 nitrogen and oxygen atoms in total. The summed E-state index contributed by atoms with van der Waals surface area (Å²) in [6.07, 6.45) is 0.405. The van der Waals surface area contributed by atoms with Gasteiger partial charge in [-0.25, -0.2) is 8.78 Å². The second-order valence-corrected chi connectivity index (χ2v) is 4.26. The molecule has 0 aliphatic rings. The Bertz CT molecular complexity index is 488. The summed E-state index contributed by atoms with van der Waals surface area (Å²) in [6.45, 7) is 1.67. The summed E-state index contributed by atoms with van der Waals surface area (Å²) in [6, 6.07) is 8.05. The van der Waals surface area contributed by atoms with E-state index in [9.17, 15) is 8.78 Å². The van der Waals surface area contributed by atoms with Crippen molar-refractivity contribution in [3.8, 4) is 0 Å². The van der Waals surface area contributed by atoms with Gasteiger partial charge in [-0.2, -0.15) is 0 Å². The number of aromatic nitrogens is 1. The van der Waals surface area contributed by atoms with Crippen molar-refractivity contribution in [1.29, 1.82) is 0 Å². The van der Waals surface area contributed by atoms with Crippen molar-refractivity contribution >= 4 is 10.9 Å². The van der Waals surface area contributed by atoms with Crippen LogP contribution >= 0.6 is 0 Å². The number of halogens is 2. The van der Waals surface area contributed by atoms with E-state index in [0.717, 1.165) is 22.9 Å². The lowest BCUT2D eigenvalue weighted by molar-refractivity contribution is 0.142. The molecule has 0 aliphatic heterocycles. The smallest absolute Gasteiger partial charge is 0.250 e. The molecular formula is C13H20F2N2. The summed E-state index contributed by atoms with van der Waals surface area (Å²) >= 11 is 0. The number of hydrogen-bond acceptors (Lipinski definition) is 1. The highest BCUT2D eigenvalue weighted by Gasteiger charge is 2.09. The molecule has 0 radical (unpaired) electrons. The maximum atomic E-state index is 12.1. The van der Waals surface area contributed by atoms with Crippen LogP contribution in [0.4, 0.5) is 8.78 Å². The molecule has 0 amide bonds. The Hall–Kier alpha value is -1.42. The molecule has 4 heteroatoms. The molecule has 1 heterocycles. The lowest BCUT2D eigenvalue weighted by atomic mass is 10.1. The van der Waals surface area contributed by atoms with E-state index in [1.165, 1.54) is 0 Å². The number of benzene rings is 1. The molecule has 17 heavy (non-hydrogen) atoms. The largest absolute Gasteiger partial charge is 0.361 e. The van der Waals surface area contributed by atoms with Crippen LogP contribution < -0.4 is 5.32 Å². The van der Waals surface area contributed by atoms with Gasteiger partial charge in [0, 0.05) is 26.0 Å². The first-order valence-electron chi connectivity index (χ1n) is 5.73. The minimum atomic E-state index is -2.29. The van der Waals surface area contributed by atoms with Gasteiger partial charge >= 0.3 is 0 Å². The number of aromatic amines is 1. The normalized spacial score (nSPS) is 13.4. The van der Waals surface area contributed by atoms with E-state index in [1.807, 2.05) is 37.4 Å². The van der Waals surface area contributed by atoms with Crippen LogP contribution in [-0.2, 0) is 6.42 Å². The fraction of sp³-hybridized carbons (Fsp3) is 0.385. The first-order chi connectivity index (χ1) is 8.16. The van der Waals surface area contributed by atoms with E-state index in [2.05, 4.69) is 10.3 Å². The van der Waals surface area contributed by atoms with Crippen LogP contribution in [0.5, 0.6) is 0 Å².